The summed E-state index contributed by atoms with van der Waals surface area (Å²) < 4.78 is 6.87. The molecule has 0 amide bonds. The number of aliphatic carboxylic acids is 1. The minimum atomic E-state index is -0.860. The molecule has 0 unspecified atom stereocenters. The molecule has 1 aromatic heterocycles. The Bertz CT molecular complexity index is 970. The van der Waals surface area contributed by atoms with E-state index in [-0.39, 0.29) is 6.42 Å². The molecule has 0 fully saturated rings. The number of hydrogen-bond donors (Lipinski definition) is 1. The maximum Gasteiger partial charge on any atom is 0.339 e. The summed E-state index contributed by atoms with van der Waals surface area (Å²) >= 11 is 0. The Labute approximate surface area is 157 Å². The molecule has 0 radical (unpaired) electrons. The number of carbonyl (C=O) groups is 2. The Balaban J connectivity index is 2.20. The van der Waals surface area contributed by atoms with Crippen LogP contribution in [0.2, 0.25) is 0 Å². The molecule has 5 heteroatoms. The fourth-order valence-corrected chi connectivity index (χ4v) is 3.09. The van der Waals surface area contributed by atoms with Crippen LogP contribution < -0.4 is 0 Å². The van der Waals surface area contributed by atoms with Crippen molar-refractivity contribution >= 4 is 11.9 Å². The number of rotatable bonds is 6. The first kappa shape index (κ1) is 18.5. The second-order valence-electron chi connectivity index (χ2n) is 6.31. The highest BCUT2D eigenvalue weighted by Gasteiger charge is 2.18. The van der Waals surface area contributed by atoms with Crippen LogP contribution in [0.5, 0.6) is 0 Å². The fraction of sp³-hybridized carbons (Fsp3) is 0.182. The van der Waals surface area contributed by atoms with Gasteiger partial charge in [-0.3, -0.25) is 4.79 Å². The van der Waals surface area contributed by atoms with Crippen LogP contribution in [-0.2, 0) is 16.0 Å². The second kappa shape index (κ2) is 7.91. The van der Waals surface area contributed by atoms with Crippen molar-refractivity contribution in [1.82, 2.24) is 4.57 Å². The quantitative estimate of drug-likeness (QED) is 0.665. The van der Waals surface area contributed by atoms with E-state index < -0.39 is 11.9 Å². The van der Waals surface area contributed by atoms with Gasteiger partial charge in [0.2, 0.25) is 0 Å². The number of carbonyl (C=O) groups excluding carboxylic acids is 1. The first-order valence-electron chi connectivity index (χ1n) is 8.68. The SMILES string of the molecule is COC(=O)c1ccccc1-n1c(CCC(=O)O)ccc1-c1ccc(C)cc1. The molecule has 0 atom stereocenters. The van der Waals surface area contributed by atoms with Gasteiger partial charge in [0.05, 0.1) is 30.5 Å². The first-order valence-corrected chi connectivity index (χ1v) is 8.68. The van der Waals surface area contributed by atoms with Gasteiger partial charge in [0.1, 0.15) is 0 Å². The molecule has 0 bridgehead atoms. The molecule has 3 aromatic rings. The minimum Gasteiger partial charge on any atom is -0.481 e. The molecule has 1 N–H and O–H groups in total. The third kappa shape index (κ3) is 3.92. The summed E-state index contributed by atoms with van der Waals surface area (Å²) in [4.78, 5) is 23.3. The van der Waals surface area contributed by atoms with E-state index >= 15 is 0 Å². The van der Waals surface area contributed by atoms with Gasteiger partial charge in [-0.15, -0.1) is 0 Å². The average molecular weight is 363 g/mol. The Morgan fingerprint density at radius 3 is 2.37 bits per heavy atom. The second-order valence-corrected chi connectivity index (χ2v) is 6.31. The molecule has 0 aliphatic rings. The fourth-order valence-electron chi connectivity index (χ4n) is 3.09. The van der Waals surface area contributed by atoms with Crippen molar-refractivity contribution in [2.75, 3.05) is 7.11 Å². The van der Waals surface area contributed by atoms with Crippen LogP contribution in [0.3, 0.4) is 0 Å². The molecule has 1 heterocycles. The number of aromatic nitrogens is 1. The Morgan fingerprint density at radius 1 is 1.00 bits per heavy atom. The van der Waals surface area contributed by atoms with Crippen LogP contribution in [0.1, 0.15) is 28.0 Å². The molecule has 3 rings (SSSR count). The molecule has 0 saturated carbocycles. The van der Waals surface area contributed by atoms with Gasteiger partial charge in [-0.25, -0.2) is 4.79 Å². The van der Waals surface area contributed by atoms with Gasteiger partial charge < -0.3 is 14.4 Å². The van der Waals surface area contributed by atoms with Gasteiger partial charge in [-0.05, 0) is 43.2 Å². The van der Waals surface area contributed by atoms with E-state index in [2.05, 4.69) is 0 Å². The topological polar surface area (TPSA) is 68.5 Å². The number of esters is 1. The van der Waals surface area contributed by atoms with Gasteiger partial charge in [0, 0.05) is 5.69 Å². The van der Waals surface area contributed by atoms with Crippen molar-refractivity contribution in [3.05, 3.63) is 77.5 Å². The summed E-state index contributed by atoms with van der Waals surface area (Å²) in [6.45, 7) is 2.02. The van der Waals surface area contributed by atoms with Crippen LogP contribution in [0.15, 0.2) is 60.7 Å². The predicted octanol–water partition coefficient (Wildman–Crippen LogP) is 4.26. The largest absolute Gasteiger partial charge is 0.481 e. The highest BCUT2D eigenvalue weighted by atomic mass is 16.5. The Hall–Kier alpha value is -3.34. The van der Waals surface area contributed by atoms with E-state index in [0.717, 1.165) is 22.5 Å². The van der Waals surface area contributed by atoms with Crippen molar-refractivity contribution in [1.29, 1.82) is 0 Å². The molecule has 5 nitrogen and oxygen atoms in total. The number of carboxylic acids is 1. The zero-order valence-electron chi connectivity index (χ0n) is 15.3. The van der Waals surface area contributed by atoms with E-state index in [1.165, 1.54) is 7.11 Å². The van der Waals surface area contributed by atoms with Gasteiger partial charge in [0.15, 0.2) is 0 Å². The molecule has 27 heavy (non-hydrogen) atoms. The number of nitrogens with zero attached hydrogens (tertiary/aromatic N) is 1. The molecule has 0 saturated heterocycles. The van der Waals surface area contributed by atoms with E-state index in [4.69, 9.17) is 9.84 Å². The summed E-state index contributed by atoms with van der Waals surface area (Å²) in [5.74, 6) is -1.29. The third-order valence-corrected chi connectivity index (χ3v) is 4.45. The van der Waals surface area contributed by atoms with Gasteiger partial charge in [-0.1, -0.05) is 42.0 Å². The number of ether oxygens (including phenoxy) is 1. The molecule has 0 spiro atoms. The van der Waals surface area contributed by atoms with E-state index in [9.17, 15) is 9.59 Å². The average Bonchev–Trinajstić information content (AvgIpc) is 3.10. The van der Waals surface area contributed by atoms with Crippen LogP contribution >= 0.6 is 0 Å². The number of benzene rings is 2. The highest BCUT2D eigenvalue weighted by Crippen LogP contribution is 2.29. The van der Waals surface area contributed by atoms with Crippen LogP contribution in [0, 0.1) is 6.92 Å². The third-order valence-electron chi connectivity index (χ3n) is 4.45. The monoisotopic (exact) mass is 363 g/mol. The summed E-state index contributed by atoms with van der Waals surface area (Å²) in [7, 11) is 1.35. The Kier molecular flexibility index (Phi) is 5.41. The lowest BCUT2D eigenvalue weighted by atomic mass is 10.1. The number of para-hydroxylation sites is 1. The van der Waals surface area contributed by atoms with Crippen molar-refractivity contribution in [2.45, 2.75) is 19.8 Å². The van der Waals surface area contributed by atoms with E-state index in [1.54, 1.807) is 12.1 Å². The smallest absolute Gasteiger partial charge is 0.339 e. The lowest BCUT2D eigenvalue weighted by Crippen LogP contribution is -2.11. The minimum absolute atomic E-state index is 0.0116. The van der Waals surface area contributed by atoms with Crippen LogP contribution in [0.4, 0.5) is 0 Å². The number of carboxylic acid groups (broad SMARTS) is 1. The van der Waals surface area contributed by atoms with E-state index in [0.29, 0.717) is 17.7 Å². The molecule has 0 aliphatic carbocycles. The summed E-state index contributed by atoms with van der Waals surface area (Å²) in [6, 6.07) is 19.1. The van der Waals surface area contributed by atoms with Crippen molar-refractivity contribution in [3.63, 3.8) is 0 Å². The number of methoxy groups -OCH3 is 1. The maximum absolute atomic E-state index is 12.3. The number of hydrogen-bond acceptors (Lipinski definition) is 3. The maximum atomic E-state index is 12.3. The van der Waals surface area contributed by atoms with E-state index in [1.807, 2.05) is 60.0 Å². The normalized spacial score (nSPS) is 10.6. The van der Waals surface area contributed by atoms with Crippen LogP contribution in [0.25, 0.3) is 16.9 Å². The molecular formula is C22H21NO4. The Morgan fingerprint density at radius 2 is 1.70 bits per heavy atom. The number of aryl methyl sites for hydroxylation is 2. The molecule has 0 aliphatic heterocycles. The van der Waals surface area contributed by atoms with Gasteiger partial charge in [0.25, 0.3) is 0 Å². The highest BCUT2D eigenvalue weighted by molar-refractivity contribution is 5.94. The van der Waals surface area contributed by atoms with Crippen molar-refractivity contribution in [2.24, 2.45) is 0 Å². The summed E-state index contributed by atoms with van der Waals surface area (Å²) in [6.07, 6.45) is 0.369. The molecule has 2 aromatic carbocycles. The molecule has 138 valence electrons. The van der Waals surface area contributed by atoms with Crippen LogP contribution in [-0.4, -0.2) is 28.7 Å². The molecular weight excluding hydrogens is 342 g/mol. The standard InChI is InChI=1S/C22H21NO4/c1-15-7-9-16(10-8-15)19-13-11-17(12-14-21(24)25)23(19)20-6-4-3-5-18(20)22(26)27-2/h3-11,13H,12,14H2,1-2H3,(H,24,25). The van der Waals surface area contributed by atoms with Gasteiger partial charge >= 0.3 is 11.9 Å². The lowest BCUT2D eigenvalue weighted by Gasteiger charge is -2.17. The zero-order valence-corrected chi connectivity index (χ0v) is 15.3. The summed E-state index contributed by atoms with van der Waals surface area (Å²) in [5.41, 5.74) is 4.96. The first-order chi connectivity index (χ1) is 13.0. The van der Waals surface area contributed by atoms with Crippen molar-refractivity contribution in [3.8, 4) is 16.9 Å². The van der Waals surface area contributed by atoms with Gasteiger partial charge in [-0.2, -0.15) is 0 Å². The summed E-state index contributed by atoms with van der Waals surface area (Å²) in [5, 5.41) is 9.09. The van der Waals surface area contributed by atoms with Crippen molar-refractivity contribution < 1.29 is 19.4 Å². The zero-order chi connectivity index (χ0) is 19.4. The lowest BCUT2D eigenvalue weighted by molar-refractivity contribution is -0.136. The predicted molar refractivity (Wildman–Crippen MR) is 103 cm³/mol.